The van der Waals surface area contributed by atoms with Crippen molar-refractivity contribution in [2.75, 3.05) is 5.75 Å². The summed E-state index contributed by atoms with van der Waals surface area (Å²) in [5.41, 5.74) is 1.05. The summed E-state index contributed by atoms with van der Waals surface area (Å²) in [4.78, 5) is 31.0. The predicted molar refractivity (Wildman–Crippen MR) is 98.2 cm³/mol. The molecule has 25 heavy (non-hydrogen) atoms. The summed E-state index contributed by atoms with van der Waals surface area (Å²) in [6.07, 6.45) is 4.68. The largest absolute Gasteiger partial charge is 0.331 e. The fourth-order valence-electron chi connectivity index (χ4n) is 2.85. The standard InChI is InChI=1S/C19H21N3O2S/c1-2-17(14-6-4-3-5-7-14)21-19(24)22-15(12-18(22)23)13-25-16-8-10-20-11-9-16/h3-11,15,17H,2,12-13H2,1H3,(H,21,24)/t15-,17-/m1/s1. The number of β-lactam (4-membered cyclic amide) rings is 1. The summed E-state index contributed by atoms with van der Waals surface area (Å²) in [5, 5.41) is 2.99. The van der Waals surface area contributed by atoms with Crippen LogP contribution in [-0.2, 0) is 4.79 Å². The monoisotopic (exact) mass is 355 g/mol. The highest BCUT2D eigenvalue weighted by Gasteiger charge is 2.41. The van der Waals surface area contributed by atoms with Crippen LogP contribution in [-0.4, -0.2) is 33.6 Å². The van der Waals surface area contributed by atoms with Crippen LogP contribution >= 0.6 is 11.8 Å². The van der Waals surface area contributed by atoms with Gasteiger partial charge in [0.25, 0.3) is 0 Å². The molecule has 1 aliphatic rings. The van der Waals surface area contributed by atoms with Crippen LogP contribution in [0, 0.1) is 0 Å². The van der Waals surface area contributed by atoms with Crippen molar-refractivity contribution in [2.45, 2.75) is 36.7 Å². The highest BCUT2D eigenvalue weighted by molar-refractivity contribution is 7.99. The Morgan fingerprint density at radius 2 is 2.00 bits per heavy atom. The molecule has 3 amide bonds. The lowest BCUT2D eigenvalue weighted by Crippen LogP contribution is -2.60. The number of hydrogen-bond acceptors (Lipinski definition) is 4. The zero-order chi connectivity index (χ0) is 17.6. The lowest BCUT2D eigenvalue weighted by Gasteiger charge is -2.39. The molecule has 2 heterocycles. The number of thioether (sulfide) groups is 1. The van der Waals surface area contributed by atoms with Gasteiger partial charge in [0.05, 0.1) is 12.1 Å². The van der Waals surface area contributed by atoms with E-state index in [0.29, 0.717) is 12.2 Å². The average Bonchev–Trinajstić information content (AvgIpc) is 2.64. The minimum Gasteiger partial charge on any atom is -0.331 e. The van der Waals surface area contributed by atoms with Crippen LogP contribution in [0.3, 0.4) is 0 Å². The van der Waals surface area contributed by atoms with Gasteiger partial charge in [-0.1, -0.05) is 37.3 Å². The third-order valence-corrected chi connectivity index (χ3v) is 5.42. The first-order chi connectivity index (χ1) is 12.2. The van der Waals surface area contributed by atoms with Crippen molar-refractivity contribution >= 4 is 23.7 Å². The fraction of sp³-hybridized carbons (Fsp3) is 0.316. The Balaban J connectivity index is 1.59. The molecule has 2 aromatic rings. The molecule has 1 aliphatic heterocycles. The summed E-state index contributed by atoms with van der Waals surface area (Å²) < 4.78 is 0. The SMILES string of the molecule is CC[C@@H](NC(=O)N1C(=O)C[C@@H]1CSc1ccncc1)c1ccccc1. The molecule has 1 saturated heterocycles. The highest BCUT2D eigenvalue weighted by atomic mass is 32.2. The van der Waals surface area contributed by atoms with E-state index in [1.807, 2.05) is 49.4 Å². The van der Waals surface area contributed by atoms with Crippen LogP contribution in [0.2, 0.25) is 0 Å². The van der Waals surface area contributed by atoms with Crippen molar-refractivity contribution in [3.05, 3.63) is 60.4 Å². The lowest BCUT2D eigenvalue weighted by molar-refractivity contribution is -0.139. The number of likely N-dealkylation sites (tertiary alicyclic amines) is 1. The molecule has 1 fully saturated rings. The smallest absolute Gasteiger partial charge is 0.324 e. The van der Waals surface area contributed by atoms with E-state index in [1.54, 1.807) is 24.2 Å². The van der Waals surface area contributed by atoms with Crippen LogP contribution < -0.4 is 5.32 Å². The van der Waals surface area contributed by atoms with Crippen molar-refractivity contribution in [1.82, 2.24) is 15.2 Å². The number of nitrogens with zero attached hydrogens (tertiary/aromatic N) is 2. The van der Waals surface area contributed by atoms with E-state index in [2.05, 4.69) is 10.3 Å². The Hall–Kier alpha value is -2.34. The Bertz CT molecular complexity index is 724. The first-order valence-corrected chi connectivity index (χ1v) is 9.38. The van der Waals surface area contributed by atoms with Gasteiger partial charge in [-0.2, -0.15) is 0 Å². The quantitative estimate of drug-likeness (QED) is 0.635. The maximum Gasteiger partial charge on any atom is 0.324 e. The maximum absolute atomic E-state index is 12.6. The van der Waals surface area contributed by atoms with E-state index < -0.39 is 0 Å². The third-order valence-electron chi connectivity index (χ3n) is 4.26. The second kappa shape index (κ2) is 8.16. The molecular formula is C19H21N3O2S. The normalized spacial score (nSPS) is 17.7. The van der Waals surface area contributed by atoms with Gasteiger partial charge >= 0.3 is 6.03 Å². The van der Waals surface area contributed by atoms with Crippen LogP contribution in [0.5, 0.6) is 0 Å². The van der Waals surface area contributed by atoms with Crippen LogP contribution in [0.15, 0.2) is 59.8 Å². The Kier molecular flexibility index (Phi) is 5.71. The number of carbonyl (C=O) groups is 2. The van der Waals surface area contributed by atoms with Crippen molar-refractivity contribution in [3.63, 3.8) is 0 Å². The molecule has 0 radical (unpaired) electrons. The summed E-state index contributed by atoms with van der Waals surface area (Å²) in [5.74, 6) is 0.589. The number of urea groups is 1. The van der Waals surface area contributed by atoms with Crippen molar-refractivity contribution in [3.8, 4) is 0 Å². The van der Waals surface area contributed by atoms with Crippen molar-refractivity contribution < 1.29 is 9.59 Å². The zero-order valence-corrected chi connectivity index (χ0v) is 14.9. The number of nitrogens with one attached hydrogen (secondary N) is 1. The van der Waals surface area contributed by atoms with Gasteiger partial charge in [0.2, 0.25) is 5.91 Å². The van der Waals surface area contributed by atoms with Gasteiger partial charge in [-0.25, -0.2) is 4.79 Å². The minimum atomic E-state index is -0.299. The van der Waals surface area contributed by atoms with Gasteiger partial charge in [-0.3, -0.25) is 14.7 Å². The highest BCUT2D eigenvalue weighted by Crippen LogP contribution is 2.28. The van der Waals surface area contributed by atoms with Gasteiger partial charge in [0, 0.05) is 29.5 Å². The molecule has 0 spiro atoms. The predicted octanol–water partition coefficient (Wildman–Crippen LogP) is 3.64. The molecule has 1 aromatic carbocycles. The number of hydrogen-bond donors (Lipinski definition) is 1. The van der Waals surface area contributed by atoms with E-state index in [1.165, 1.54) is 4.90 Å². The first kappa shape index (κ1) is 17.5. The van der Waals surface area contributed by atoms with Crippen LogP contribution in [0.25, 0.3) is 0 Å². The van der Waals surface area contributed by atoms with Crippen LogP contribution in [0.4, 0.5) is 4.79 Å². The molecule has 6 heteroatoms. The Morgan fingerprint density at radius 1 is 1.28 bits per heavy atom. The number of amides is 3. The minimum absolute atomic E-state index is 0.0565. The molecule has 0 bridgehead atoms. The molecule has 130 valence electrons. The van der Waals surface area contributed by atoms with E-state index in [0.717, 1.165) is 16.9 Å². The molecule has 0 saturated carbocycles. The molecule has 3 rings (SSSR count). The molecule has 1 N–H and O–H groups in total. The Morgan fingerprint density at radius 3 is 2.64 bits per heavy atom. The van der Waals surface area contributed by atoms with E-state index in [-0.39, 0.29) is 24.0 Å². The van der Waals surface area contributed by atoms with Gasteiger partial charge in [-0.05, 0) is 24.1 Å². The number of aromatic nitrogens is 1. The van der Waals surface area contributed by atoms with Crippen LogP contribution in [0.1, 0.15) is 31.4 Å². The zero-order valence-electron chi connectivity index (χ0n) is 14.1. The van der Waals surface area contributed by atoms with E-state index in [4.69, 9.17) is 0 Å². The molecule has 5 nitrogen and oxygen atoms in total. The maximum atomic E-state index is 12.6. The van der Waals surface area contributed by atoms with Gasteiger partial charge < -0.3 is 5.32 Å². The van der Waals surface area contributed by atoms with E-state index in [9.17, 15) is 9.59 Å². The number of pyridine rings is 1. The van der Waals surface area contributed by atoms with Crippen molar-refractivity contribution in [2.24, 2.45) is 0 Å². The first-order valence-electron chi connectivity index (χ1n) is 8.39. The van der Waals surface area contributed by atoms with E-state index >= 15 is 0 Å². The molecule has 2 atom stereocenters. The van der Waals surface area contributed by atoms with Crippen molar-refractivity contribution in [1.29, 1.82) is 0 Å². The average molecular weight is 355 g/mol. The summed E-state index contributed by atoms with van der Waals surface area (Å²) in [6.45, 7) is 2.02. The molecule has 0 aliphatic carbocycles. The molecule has 1 aromatic heterocycles. The molecular weight excluding hydrogens is 334 g/mol. The second-order valence-electron chi connectivity index (χ2n) is 5.94. The second-order valence-corrected chi connectivity index (χ2v) is 7.03. The Labute approximate surface area is 151 Å². The molecule has 0 unspecified atom stereocenters. The van der Waals surface area contributed by atoms with Gasteiger partial charge in [0.15, 0.2) is 0 Å². The summed E-state index contributed by atoms with van der Waals surface area (Å²) in [7, 11) is 0. The summed E-state index contributed by atoms with van der Waals surface area (Å²) >= 11 is 1.63. The number of rotatable bonds is 6. The summed E-state index contributed by atoms with van der Waals surface area (Å²) in [6, 6.07) is 13.2. The number of imide groups is 1. The fourth-order valence-corrected chi connectivity index (χ4v) is 3.81. The van der Waals surface area contributed by atoms with Gasteiger partial charge in [-0.15, -0.1) is 11.8 Å². The number of benzene rings is 1. The van der Waals surface area contributed by atoms with Gasteiger partial charge in [0.1, 0.15) is 0 Å². The number of carbonyl (C=O) groups excluding carboxylic acids is 2. The topological polar surface area (TPSA) is 62.3 Å². The lowest BCUT2D eigenvalue weighted by atomic mass is 10.0. The third kappa shape index (κ3) is 4.20.